The predicted molar refractivity (Wildman–Crippen MR) is 57.2 cm³/mol. The van der Waals surface area contributed by atoms with Gasteiger partial charge in [0.2, 0.25) is 0 Å². The molecule has 1 saturated heterocycles. The summed E-state index contributed by atoms with van der Waals surface area (Å²) in [7, 11) is 1.61. The minimum Gasteiger partial charge on any atom is -0.493 e. The zero-order valence-electron chi connectivity index (χ0n) is 9.14. The van der Waals surface area contributed by atoms with Gasteiger partial charge in [-0.15, -0.1) is 0 Å². The molecule has 0 aromatic heterocycles. The Morgan fingerprint density at radius 3 is 2.75 bits per heavy atom. The first-order valence-corrected chi connectivity index (χ1v) is 5.06. The maximum absolute atomic E-state index is 5.71. The maximum Gasteiger partial charge on any atom is 0.162 e. The SMILES string of the molecule is COc1ccc(CON)cc1OC1COC1. The summed E-state index contributed by atoms with van der Waals surface area (Å²) in [6.45, 7) is 1.60. The number of hydrogen-bond acceptors (Lipinski definition) is 5. The smallest absolute Gasteiger partial charge is 0.162 e. The van der Waals surface area contributed by atoms with Crippen molar-refractivity contribution in [3.05, 3.63) is 23.8 Å². The van der Waals surface area contributed by atoms with Crippen LogP contribution in [0.1, 0.15) is 5.56 Å². The highest BCUT2D eigenvalue weighted by atomic mass is 16.6. The highest BCUT2D eigenvalue weighted by Crippen LogP contribution is 2.30. The van der Waals surface area contributed by atoms with E-state index in [0.717, 1.165) is 5.56 Å². The normalized spacial score (nSPS) is 15.6. The molecule has 0 amide bonds. The second-order valence-corrected chi connectivity index (χ2v) is 3.57. The average molecular weight is 225 g/mol. The molecule has 0 radical (unpaired) electrons. The van der Waals surface area contributed by atoms with Gasteiger partial charge in [0.25, 0.3) is 0 Å². The molecule has 1 fully saturated rings. The first-order chi connectivity index (χ1) is 7.83. The van der Waals surface area contributed by atoms with E-state index in [0.29, 0.717) is 31.3 Å². The maximum atomic E-state index is 5.71. The molecule has 1 aliphatic heterocycles. The Morgan fingerprint density at radius 1 is 1.38 bits per heavy atom. The summed E-state index contributed by atoms with van der Waals surface area (Å²) in [5, 5.41) is 0. The summed E-state index contributed by atoms with van der Waals surface area (Å²) in [5.74, 6) is 6.43. The van der Waals surface area contributed by atoms with Gasteiger partial charge in [0.1, 0.15) is 6.10 Å². The van der Waals surface area contributed by atoms with Crippen LogP contribution in [0.2, 0.25) is 0 Å². The molecule has 16 heavy (non-hydrogen) atoms. The van der Waals surface area contributed by atoms with Crippen LogP contribution in [0.25, 0.3) is 0 Å². The lowest BCUT2D eigenvalue weighted by molar-refractivity contribution is -0.0804. The number of benzene rings is 1. The van der Waals surface area contributed by atoms with E-state index in [4.69, 9.17) is 20.1 Å². The van der Waals surface area contributed by atoms with Crippen molar-refractivity contribution in [3.8, 4) is 11.5 Å². The van der Waals surface area contributed by atoms with E-state index < -0.39 is 0 Å². The molecule has 0 unspecified atom stereocenters. The van der Waals surface area contributed by atoms with Crippen LogP contribution in [0.3, 0.4) is 0 Å². The molecule has 5 heteroatoms. The Hall–Kier alpha value is -1.30. The van der Waals surface area contributed by atoms with E-state index in [9.17, 15) is 0 Å². The fourth-order valence-electron chi connectivity index (χ4n) is 1.46. The monoisotopic (exact) mass is 225 g/mol. The Balaban J connectivity index is 2.13. The van der Waals surface area contributed by atoms with Gasteiger partial charge in [-0.2, -0.15) is 0 Å². The fraction of sp³-hybridized carbons (Fsp3) is 0.455. The van der Waals surface area contributed by atoms with Crippen molar-refractivity contribution >= 4 is 0 Å². The molecule has 1 aromatic rings. The highest BCUT2D eigenvalue weighted by molar-refractivity contribution is 5.43. The third-order valence-electron chi connectivity index (χ3n) is 2.38. The van der Waals surface area contributed by atoms with Crippen molar-refractivity contribution in [2.45, 2.75) is 12.7 Å². The molecule has 0 saturated carbocycles. The molecule has 2 N–H and O–H groups in total. The first kappa shape index (κ1) is 11.2. The fourth-order valence-corrected chi connectivity index (χ4v) is 1.46. The minimum absolute atomic E-state index is 0.114. The lowest BCUT2D eigenvalue weighted by Crippen LogP contribution is -2.38. The zero-order valence-corrected chi connectivity index (χ0v) is 9.14. The van der Waals surface area contributed by atoms with Crippen LogP contribution in [0.4, 0.5) is 0 Å². The summed E-state index contributed by atoms with van der Waals surface area (Å²) in [6.07, 6.45) is 0.114. The third kappa shape index (κ3) is 2.44. The van der Waals surface area contributed by atoms with Crippen molar-refractivity contribution in [1.29, 1.82) is 0 Å². The van der Waals surface area contributed by atoms with Gasteiger partial charge in [-0.05, 0) is 17.7 Å². The third-order valence-corrected chi connectivity index (χ3v) is 2.38. The van der Waals surface area contributed by atoms with Gasteiger partial charge in [-0.3, -0.25) is 4.84 Å². The lowest BCUT2D eigenvalue weighted by atomic mass is 10.2. The van der Waals surface area contributed by atoms with E-state index in [1.165, 1.54) is 0 Å². The molecule has 1 aliphatic rings. The Kier molecular flexibility index (Phi) is 3.61. The largest absolute Gasteiger partial charge is 0.493 e. The molecule has 0 spiro atoms. The zero-order chi connectivity index (χ0) is 11.4. The molecule has 1 aromatic carbocycles. The van der Waals surface area contributed by atoms with E-state index >= 15 is 0 Å². The number of ether oxygens (including phenoxy) is 3. The molecule has 88 valence electrons. The Morgan fingerprint density at radius 2 is 2.19 bits per heavy atom. The van der Waals surface area contributed by atoms with Crippen molar-refractivity contribution in [3.63, 3.8) is 0 Å². The van der Waals surface area contributed by atoms with Crippen LogP contribution in [-0.4, -0.2) is 26.4 Å². The summed E-state index contributed by atoms with van der Waals surface area (Å²) in [5.41, 5.74) is 0.943. The van der Waals surface area contributed by atoms with Crippen LogP contribution in [-0.2, 0) is 16.2 Å². The second-order valence-electron chi connectivity index (χ2n) is 3.57. The molecule has 5 nitrogen and oxygen atoms in total. The van der Waals surface area contributed by atoms with Crippen LogP contribution < -0.4 is 15.4 Å². The Labute approximate surface area is 94.0 Å². The van der Waals surface area contributed by atoms with E-state index in [-0.39, 0.29) is 6.10 Å². The summed E-state index contributed by atoms with van der Waals surface area (Å²) in [4.78, 5) is 4.58. The summed E-state index contributed by atoms with van der Waals surface area (Å²) >= 11 is 0. The topological polar surface area (TPSA) is 62.9 Å². The number of hydrogen-bond donors (Lipinski definition) is 1. The van der Waals surface area contributed by atoms with Gasteiger partial charge in [0, 0.05) is 0 Å². The van der Waals surface area contributed by atoms with Gasteiger partial charge in [0.05, 0.1) is 26.9 Å². The average Bonchev–Trinajstić information content (AvgIpc) is 2.24. The predicted octanol–water partition coefficient (Wildman–Crippen LogP) is 0.863. The van der Waals surface area contributed by atoms with Crippen LogP contribution >= 0.6 is 0 Å². The molecular formula is C11H15NO4. The molecule has 2 rings (SSSR count). The molecule has 0 aliphatic carbocycles. The van der Waals surface area contributed by atoms with Crippen molar-refractivity contribution in [2.75, 3.05) is 20.3 Å². The van der Waals surface area contributed by atoms with Crippen LogP contribution in [0.5, 0.6) is 11.5 Å². The number of nitrogens with two attached hydrogens (primary N) is 1. The molecule has 0 atom stereocenters. The quantitative estimate of drug-likeness (QED) is 0.753. The lowest BCUT2D eigenvalue weighted by Gasteiger charge is -2.27. The standard InChI is InChI=1S/C11H15NO4/c1-13-10-3-2-8(5-15-12)4-11(10)16-9-6-14-7-9/h2-4,9H,5-7,12H2,1H3. The Bertz CT molecular complexity index is 352. The first-order valence-electron chi connectivity index (χ1n) is 5.06. The van der Waals surface area contributed by atoms with Crippen molar-refractivity contribution in [2.24, 2.45) is 5.90 Å². The van der Waals surface area contributed by atoms with E-state index in [2.05, 4.69) is 4.84 Å². The number of methoxy groups -OCH3 is 1. The minimum atomic E-state index is 0.114. The van der Waals surface area contributed by atoms with E-state index in [1.54, 1.807) is 7.11 Å². The summed E-state index contributed by atoms with van der Waals surface area (Å²) in [6, 6.07) is 5.59. The van der Waals surface area contributed by atoms with Crippen molar-refractivity contribution in [1.82, 2.24) is 0 Å². The molecule has 1 heterocycles. The van der Waals surface area contributed by atoms with Gasteiger partial charge >= 0.3 is 0 Å². The van der Waals surface area contributed by atoms with E-state index in [1.807, 2.05) is 18.2 Å². The van der Waals surface area contributed by atoms with Gasteiger partial charge in [0.15, 0.2) is 11.5 Å². The van der Waals surface area contributed by atoms with Crippen LogP contribution in [0, 0.1) is 0 Å². The van der Waals surface area contributed by atoms with Gasteiger partial charge in [-0.1, -0.05) is 6.07 Å². The van der Waals surface area contributed by atoms with Gasteiger partial charge in [-0.25, -0.2) is 5.90 Å². The highest BCUT2D eigenvalue weighted by Gasteiger charge is 2.21. The second kappa shape index (κ2) is 5.16. The molecular weight excluding hydrogens is 210 g/mol. The van der Waals surface area contributed by atoms with Gasteiger partial charge < -0.3 is 14.2 Å². The summed E-state index contributed by atoms with van der Waals surface area (Å²) < 4.78 is 16.0. The molecule has 0 bridgehead atoms. The number of rotatable bonds is 5. The van der Waals surface area contributed by atoms with Crippen LogP contribution in [0.15, 0.2) is 18.2 Å². The van der Waals surface area contributed by atoms with Crippen molar-refractivity contribution < 1.29 is 19.0 Å².